The fourth-order valence-corrected chi connectivity index (χ4v) is 1.73. The molecule has 0 heterocycles. The average Bonchev–Trinajstić information content (AvgIpc) is 2.37. The van der Waals surface area contributed by atoms with Crippen molar-refractivity contribution in [2.24, 2.45) is 0 Å². The molecular weight excluding hydrogens is 246 g/mol. The molecule has 0 radical (unpaired) electrons. The number of aromatic carboxylic acids is 1. The van der Waals surface area contributed by atoms with Crippen molar-refractivity contribution in [3.8, 4) is 5.75 Å². The zero-order valence-corrected chi connectivity index (χ0v) is 11.5. The van der Waals surface area contributed by atoms with Crippen molar-refractivity contribution in [3.05, 3.63) is 29.3 Å². The van der Waals surface area contributed by atoms with Crippen LogP contribution in [-0.2, 0) is 4.79 Å². The summed E-state index contributed by atoms with van der Waals surface area (Å²) in [5.41, 5.74) is 0.952. The Morgan fingerprint density at radius 3 is 2.42 bits per heavy atom. The monoisotopic (exact) mass is 265 g/mol. The summed E-state index contributed by atoms with van der Waals surface area (Å²) in [6.45, 7) is 6.68. The number of hydrogen-bond acceptors (Lipinski definition) is 3. The topological polar surface area (TPSA) is 66.8 Å². The van der Waals surface area contributed by atoms with E-state index in [0.717, 1.165) is 5.56 Å². The Bertz CT molecular complexity index is 467. The van der Waals surface area contributed by atoms with E-state index in [-0.39, 0.29) is 23.8 Å². The summed E-state index contributed by atoms with van der Waals surface area (Å²) in [5, 5.41) is 9.05. The molecule has 19 heavy (non-hydrogen) atoms. The summed E-state index contributed by atoms with van der Waals surface area (Å²) in [5.74, 6) is -0.985. The minimum absolute atomic E-state index is 0.0675. The summed E-state index contributed by atoms with van der Waals surface area (Å²) in [6, 6.07) is 4.80. The van der Waals surface area contributed by atoms with Crippen molar-refractivity contribution in [1.82, 2.24) is 4.90 Å². The van der Waals surface area contributed by atoms with Crippen molar-refractivity contribution >= 4 is 11.9 Å². The van der Waals surface area contributed by atoms with Crippen LogP contribution in [0.5, 0.6) is 5.75 Å². The second kappa shape index (κ2) is 6.78. The zero-order chi connectivity index (χ0) is 14.4. The van der Waals surface area contributed by atoms with Gasteiger partial charge in [0, 0.05) is 13.1 Å². The highest BCUT2D eigenvalue weighted by Crippen LogP contribution is 2.20. The molecule has 104 valence electrons. The summed E-state index contributed by atoms with van der Waals surface area (Å²) in [4.78, 5) is 24.5. The van der Waals surface area contributed by atoms with Gasteiger partial charge in [0.05, 0.1) is 0 Å². The molecule has 1 amide bonds. The van der Waals surface area contributed by atoms with Crippen LogP contribution in [0, 0.1) is 6.92 Å². The van der Waals surface area contributed by atoms with Crippen molar-refractivity contribution in [2.45, 2.75) is 20.8 Å². The number of aryl methyl sites for hydroxylation is 1. The number of carbonyl (C=O) groups is 2. The number of amides is 1. The fourth-order valence-electron chi connectivity index (χ4n) is 1.73. The average molecular weight is 265 g/mol. The molecule has 0 saturated carbocycles. The van der Waals surface area contributed by atoms with Gasteiger partial charge in [0.25, 0.3) is 5.91 Å². The Morgan fingerprint density at radius 1 is 1.26 bits per heavy atom. The maximum atomic E-state index is 11.8. The van der Waals surface area contributed by atoms with E-state index >= 15 is 0 Å². The first kappa shape index (κ1) is 15.0. The highest BCUT2D eigenvalue weighted by atomic mass is 16.5. The van der Waals surface area contributed by atoms with Crippen molar-refractivity contribution < 1.29 is 19.4 Å². The minimum atomic E-state index is -1.06. The second-order valence-electron chi connectivity index (χ2n) is 4.16. The molecule has 0 unspecified atom stereocenters. The first-order chi connectivity index (χ1) is 8.99. The van der Waals surface area contributed by atoms with Crippen LogP contribution in [0.4, 0.5) is 0 Å². The molecule has 1 rings (SSSR count). The lowest BCUT2D eigenvalue weighted by Gasteiger charge is -2.19. The number of carbonyl (C=O) groups excluding carboxylic acids is 1. The van der Waals surface area contributed by atoms with Crippen LogP contribution in [0.3, 0.4) is 0 Å². The van der Waals surface area contributed by atoms with Crippen LogP contribution < -0.4 is 4.74 Å². The molecule has 5 heteroatoms. The van der Waals surface area contributed by atoms with Gasteiger partial charge in [-0.05, 0) is 38.5 Å². The third kappa shape index (κ3) is 3.98. The molecule has 0 spiro atoms. The van der Waals surface area contributed by atoms with Crippen LogP contribution in [0.2, 0.25) is 0 Å². The van der Waals surface area contributed by atoms with Crippen LogP contribution in [0.1, 0.15) is 29.8 Å². The van der Waals surface area contributed by atoms with E-state index in [0.29, 0.717) is 13.1 Å². The van der Waals surface area contributed by atoms with Gasteiger partial charge in [0.2, 0.25) is 0 Å². The van der Waals surface area contributed by atoms with Crippen LogP contribution >= 0.6 is 0 Å². The molecule has 0 fully saturated rings. The van der Waals surface area contributed by atoms with Gasteiger partial charge >= 0.3 is 5.97 Å². The van der Waals surface area contributed by atoms with Gasteiger partial charge in [0.15, 0.2) is 6.61 Å². The first-order valence-corrected chi connectivity index (χ1v) is 6.24. The number of hydrogen-bond donors (Lipinski definition) is 1. The van der Waals surface area contributed by atoms with E-state index in [1.54, 1.807) is 17.0 Å². The van der Waals surface area contributed by atoms with E-state index in [2.05, 4.69) is 0 Å². The highest BCUT2D eigenvalue weighted by Gasteiger charge is 2.15. The fraction of sp³-hybridized carbons (Fsp3) is 0.429. The summed E-state index contributed by atoms with van der Waals surface area (Å²) in [6.07, 6.45) is 0. The lowest BCUT2D eigenvalue weighted by Crippen LogP contribution is -2.34. The van der Waals surface area contributed by atoms with Crippen LogP contribution in [-0.4, -0.2) is 41.6 Å². The summed E-state index contributed by atoms with van der Waals surface area (Å²) in [7, 11) is 0. The Balaban J connectivity index is 2.79. The highest BCUT2D eigenvalue weighted by molar-refractivity contribution is 5.91. The smallest absolute Gasteiger partial charge is 0.339 e. The Morgan fingerprint density at radius 2 is 1.89 bits per heavy atom. The van der Waals surface area contributed by atoms with Gasteiger partial charge < -0.3 is 14.7 Å². The lowest BCUT2D eigenvalue weighted by molar-refractivity contribution is -0.133. The molecule has 5 nitrogen and oxygen atoms in total. The van der Waals surface area contributed by atoms with Crippen molar-refractivity contribution in [1.29, 1.82) is 0 Å². The number of rotatable bonds is 6. The largest absolute Gasteiger partial charge is 0.483 e. The molecule has 0 bridgehead atoms. The molecule has 0 aliphatic rings. The van der Waals surface area contributed by atoms with E-state index < -0.39 is 5.97 Å². The van der Waals surface area contributed by atoms with Crippen LogP contribution in [0.15, 0.2) is 18.2 Å². The molecule has 1 N–H and O–H groups in total. The lowest BCUT2D eigenvalue weighted by atomic mass is 10.1. The summed E-state index contributed by atoms with van der Waals surface area (Å²) < 4.78 is 5.35. The number of carboxylic acids is 1. The van der Waals surface area contributed by atoms with Crippen molar-refractivity contribution in [2.75, 3.05) is 19.7 Å². The maximum Gasteiger partial charge on any atom is 0.339 e. The number of benzene rings is 1. The predicted molar refractivity (Wildman–Crippen MR) is 71.6 cm³/mol. The third-order valence-electron chi connectivity index (χ3n) is 2.83. The summed E-state index contributed by atoms with van der Waals surface area (Å²) >= 11 is 0. The molecule has 0 saturated heterocycles. The van der Waals surface area contributed by atoms with Gasteiger partial charge in [-0.15, -0.1) is 0 Å². The van der Waals surface area contributed by atoms with Gasteiger partial charge in [-0.3, -0.25) is 4.79 Å². The maximum absolute atomic E-state index is 11.8. The van der Waals surface area contributed by atoms with E-state index in [4.69, 9.17) is 9.84 Å². The second-order valence-corrected chi connectivity index (χ2v) is 4.16. The van der Waals surface area contributed by atoms with Gasteiger partial charge in [-0.25, -0.2) is 4.79 Å². The third-order valence-corrected chi connectivity index (χ3v) is 2.83. The quantitative estimate of drug-likeness (QED) is 0.853. The number of carboxylic acid groups (broad SMARTS) is 1. The standard InChI is InChI=1S/C14H19NO4/c1-4-15(5-2)13(16)9-19-12-8-10(3)6-7-11(12)14(17)18/h6-8H,4-5,9H2,1-3H3,(H,17,18). The van der Waals surface area contributed by atoms with E-state index in [1.165, 1.54) is 6.07 Å². The zero-order valence-electron chi connectivity index (χ0n) is 11.5. The molecule has 0 aliphatic heterocycles. The molecule has 1 aromatic carbocycles. The molecule has 0 aromatic heterocycles. The Kier molecular flexibility index (Phi) is 5.36. The molecule has 0 aliphatic carbocycles. The predicted octanol–water partition coefficient (Wildman–Crippen LogP) is 1.94. The van der Waals surface area contributed by atoms with Gasteiger partial charge in [-0.1, -0.05) is 6.07 Å². The van der Waals surface area contributed by atoms with E-state index in [1.807, 2.05) is 20.8 Å². The molecule has 0 atom stereocenters. The first-order valence-electron chi connectivity index (χ1n) is 6.24. The minimum Gasteiger partial charge on any atom is -0.483 e. The van der Waals surface area contributed by atoms with Gasteiger partial charge in [-0.2, -0.15) is 0 Å². The number of nitrogens with zero attached hydrogens (tertiary/aromatic N) is 1. The normalized spacial score (nSPS) is 10.1. The molecular formula is C14H19NO4. The SMILES string of the molecule is CCN(CC)C(=O)COc1cc(C)ccc1C(=O)O. The van der Waals surface area contributed by atoms with Crippen LogP contribution in [0.25, 0.3) is 0 Å². The van der Waals surface area contributed by atoms with E-state index in [9.17, 15) is 9.59 Å². The Hall–Kier alpha value is -2.04. The van der Waals surface area contributed by atoms with Crippen molar-refractivity contribution in [3.63, 3.8) is 0 Å². The van der Waals surface area contributed by atoms with Gasteiger partial charge in [0.1, 0.15) is 11.3 Å². The number of likely N-dealkylation sites (N-methyl/N-ethyl adjacent to an activating group) is 1. The Labute approximate surface area is 112 Å². The number of ether oxygens (including phenoxy) is 1. The molecule has 1 aromatic rings.